The molecule has 6 heteroatoms. The van der Waals surface area contributed by atoms with Crippen LogP contribution >= 0.6 is 0 Å². The Morgan fingerprint density at radius 2 is 1.89 bits per heavy atom. The van der Waals surface area contributed by atoms with Crippen LogP contribution < -0.4 is 0 Å². The lowest BCUT2D eigenvalue weighted by molar-refractivity contribution is -0.155. The van der Waals surface area contributed by atoms with Gasteiger partial charge in [0, 0.05) is 35.5 Å². The number of Topliss-reactive ketones (excluding diaryl/α,β-unsaturated/α-hetero) is 2. The topological polar surface area (TPSA) is 89.9 Å². The molecule has 1 fully saturated rings. The SMILES string of the molecule is CO[C@H]1C=C(CCC2=C(C)C(=O)C(O)=C3C(C)(C)C(=O)CC[C@]23C)C(=O)O1. The van der Waals surface area contributed by atoms with Gasteiger partial charge >= 0.3 is 5.97 Å². The first kappa shape index (κ1) is 19.5. The van der Waals surface area contributed by atoms with Crippen molar-refractivity contribution in [2.75, 3.05) is 7.11 Å². The lowest BCUT2D eigenvalue weighted by Gasteiger charge is -2.49. The van der Waals surface area contributed by atoms with Gasteiger partial charge in [0.25, 0.3) is 0 Å². The first-order valence-corrected chi connectivity index (χ1v) is 9.21. The number of ketones is 2. The number of esters is 1. The van der Waals surface area contributed by atoms with E-state index in [1.165, 1.54) is 7.11 Å². The molecule has 1 N–H and O–H groups in total. The molecule has 1 saturated carbocycles. The van der Waals surface area contributed by atoms with E-state index >= 15 is 0 Å². The fourth-order valence-corrected chi connectivity index (χ4v) is 4.80. The maximum atomic E-state index is 12.7. The molecule has 0 spiro atoms. The molecule has 6 nitrogen and oxygen atoms in total. The van der Waals surface area contributed by atoms with Crippen LogP contribution in [0.25, 0.3) is 0 Å². The number of aliphatic hydroxyl groups excluding tert-OH is 1. The standard InChI is InChI=1S/C21H26O6/c1-11-13(7-6-12-10-15(26-5)27-19(12)25)21(4)9-8-14(22)20(2,3)18(21)17(24)16(11)23/h10,15,24H,6-9H2,1-5H3/t15-,21-/m1/s1. The van der Waals surface area contributed by atoms with Gasteiger partial charge in [0.2, 0.25) is 12.1 Å². The predicted molar refractivity (Wildman–Crippen MR) is 97.7 cm³/mol. The summed E-state index contributed by atoms with van der Waals surface area (Å²) in [7, 11) is 1.46. The molecule has 0 amide bonds. The molecule has 27 heavy (non-hydrogen) atoms. The van der Waals surface area contributed by atoms with E-state index in [-0.39, 0.29) is 11.5 Å². The minimum absolute atomic E-state index is 0.0262. The van der Waals surface area contributed by atoms with Gasteiger partial charge in [-0.15, -0.1) is 0 Å². The van der Waals surface area contributed by atoms with Gasteiger partial charge in [0.1, 0.15) is 5.78 Å². The minimum Gasteiger partial charge on any atom is -0.504 e. The molecule has 2 aliphatic carbocycles. The molecule has 1 aliphatic heterocycles. The number of hydrogen-bond acceptors (Lipinski definition) is 6. The second kappa shape index (κ2) is 6.44. The number of ether oxygens (including phenoxy) is 2. The first-order valence-electron chi connectivity index (χ1n) is 9.21. The van der Waals surface area contributed by atoms with E-state index in [0.717, 1.165) is 5.57 Å². The lowest BCUT2D eigenvalue weighted by Crippen LogP contribution is -2.46. The lowest BCUT2D eigenvalue weighted by atomic mass is 9.53. The normalized spacial score (nSPS) is 30.5. The molecule has 0 saturated heterocycles. The van der Waals surface area contributed by atoms with Gasteiger partial charge < -0.3 is 14.6 Å². The molecular weight excluding hydrogens is 348 g/mol. The molecule has 0 bridgehead atoms. The molecule has 0 aromatic rings. The van der Waals surface area contributed by atoms with Crippen LogP contribution in [0, 0.1) is 10.8 Å². The van der Waals surface area contributed by atoms with E-state index in [9.17, 15) is 19.5 Å². The third-order valence-corrected chi connectivity index (χ3v) is 6.34. The average molecular weight is 374 g/mol. The summed E-state index contributed by atoms with van der Waals surface area (Å²) >= 11 is 0. The van der Waals surface area contributed by atoms with E-state index in [1.54, 1.807) is 26.8 Å². The highest BCUT2D eigenvalue weighted by Gasteiger charge is 2.53. The number of allylic oxidation sites excluding steroid dienone is 3. The van der Waals surface area contributed by atoms with Crippen molar-refractivity contribution in [3.63, 3.8) is 0 Å². The second-order valence-electron chi connectivity index (χ2n) is 8.24. The number of fused-ring (bicyclic) bond motifs is 1. The Labute approximate surface area is 158 Å². The first-order chi connectivity index (χ1) is 12.5. The molecule has 0 radical (unpaired) electrons. The van der Waals surface area contributed by atoms with Crippen molar-refractivity contribution in [2.45, 2.75) is 59.7 Å². The van der Waals surface area contributed by atoms with Crippen LogP contribution in [-0.2, 0) is 23.9 Å². The Bertz CT molecular complexity index is 826. The minimum atomic E-state index is -0.897. The zero-order chi connectivity index (χ0) is 20.1. The molecule has 3 aliphatic rings. The third kappa shape index (κ3) is 2.87. The van der Waals surface area contributed by atoms with Crippen LogP contribution in [0.2, 0.25) is 0 Å². The van der Waals surface area contributed by atoms with Crippen LogP contribution in [0.4, 0.5) is 0 Å². The largest absolute Gasteiger partial charge is 0.504 e. The van der Waals surface area contributed by atoms with Crippen molar-refractivity contribution in [3.8, 4) is 0 Å². The summed E-state index contributed by atoms with van der Waals surface area (Å²) in [5.74, 6) is -1.11. The van der Waals surface area contributed by atoms with E-state index in [2.05, 4.69) is 0 Å². The number of carbonyl (C=O) groups excluding carboxylic acids is 3. The van der Waals surface area contributed by atoms with Crippen molar-refractivity contribution in [3.05, 3.63) is 34.1 Å². The summed E-state index contributed by atoms with van der Waals surface area (Å²) in [5, 5.41) is 10.6. The van der Waals surface area contributed by atoms with Crippen molar-refractivity contribution in [1.29, 1.82) is 0 Å². The maximum absolute atomic E-state index is 12.7. The molecule has 146 valence electrons. The van der Waals surface area contributed by atoms with Gasteiger partial charge in [-0.05, 0) is 51.7 Å². The fraction of sp³-hybridized carbons (Fsp3) is 0.571. The number of carbonyl (C=O) groups is 3. The number of aliphatic hydroxyl groups is 1. The zero-order valence-electron chi connectivity index (χ0n) is 16.5. The summed E-state index contributed by atoms with van der Waals surface area (Å²) in [6, 6.07) is 0. The molecule has 0 unspecified atom stereocenters. The Morgan fingerprint density at radius 3 is 2.48 bits per heavy atom. The molecular formula is C21H26O6. The van der Waals surface area contributed by atoms with Crippen molar-refractivity contribution < 1.29 is 29.0 Å². The van der Waals surface area contributed by atoms with Gasteiger partial charge in [-0.25, -0.2) is 4.79 Å². The van der Waals surface area contributed by atoms with Gasteiger partial charge in [-0.2, -0.15) is 0 Å². The van der Waals surface area contributed by atoms with Crippen LogP contribution in [0.5, 0.6) is 0 Å². The van der Waals surface area contributed by atoms with Crippen molar-refractivity contribution in [1.82, 2.24) is 0 Å². The van der Waals surface area contributed by atoms with E-state index in [0.29, 0.717) is 42.4 Å². The Hall–Kier alpha value is -2.21. The number of methoxy groups -OCH3 is 1. The van der Waals surface area contributed by atoms with Crippen molar-refractivity contribution >= 4 is 17.5 Å². The summed E-state index contributed by atoms with van der Waals surface area (Å²) in [6.07, 6.45) is 2.80. The summed E-state index contributed by atoms with van der Waals surface area (Å²) in [4.78, 5) is 37.1. The van der Waals surface area contributed by atoms with Crippen LogP contribution in [0.1, 0.15) is 53.4 Å². The third-order valence-electron chi connectivity index (χ3n) is 6.34. The Kier molecular flexibility index (Phi) is 4.67. The molecule has 3 rings (SSSR count). The highest BCUT2D eigenvalue weighted by molar-refractivity contribution is 6.10. The smallest absolute Gasteiger partial charge is 0.336 e. The molecule has 1 heterocycles. The van der Waals surface area contributed by atoms with Crippen LogP contribution in [-0.4, -0.2) is 36.0 Å². The second-order valence-corrected chi connectivity index (χ2v) is 8.24. The molecule has 2 atom stereocenters. The van der Waals surface area contributed by atoms with Gasteiger partial charge in [0.05, 0.1) is 0 Å². The number of cyclic esters (lactones) is 1. The van der Waals surface area contributed by atoms with Crippen molar-refractivity contribution in [2.24, 2.45) is 10.8 Å². The van der Waals surface area contributed by atoms with Crippen LogP contribution in [0.3, 0.4) is 0 Å². The van der Waals surface area contributed by atoms with Gasteiger partial charge in [-0.1, -0.05) is 12.5 Å². The average Bonchev–Trinajstić information content (AvgIpc) is 2.96. The maximum Gasteiger partial charge on any atom is 0.336 e. The Balaban J connectivity index is 1.97. The molecule has 0 aromatic carbocycles. The fourth-order valence-electron chi connectivity index (χ4n) is 4.80. The van der Waals surface area contributed by atoms with Crippen LogP contribution in [0.15, 0.2) is 34.1 Å². The summed E-state index contributed by atoms with van der Waals surface area (Å²) in [6.45, 7) is 7.23. The Morgan fingerprint density at radius 1 is 1.22 bits per heavy atom. The highest BCUT2D eigenvalue weighted by atomic mass is 16.7. The van der Waals surface area contributed by atoms with E-state index < -0.39 is 28.9 Å². The monoisotopic (exact) mass is 374 g/mol. The number of hydrogen-bond donors (Lipinski definition) is 1. The highest BCUT2D eigenvalue weighted by Crippen LogP contribution is 2.57. The number of rotatable bonds is 4. The predicted octanol–water partition coefficient (Wildman–Crippen LogP) is 3.33. The summed E-state index contributed by atoms with van der Waals surface area (Å²) < 4.78 is 10.1. The molecule has 0 aromatic heterocycles. The summed E-state index contributed by atoms with van der Waals surface area (Å²) in [5.41, 5.74) is 0.933. The van der Waals surface area contributed by atoms with E-state index in [4.69, 9.17) is 9.47 Å². The quantitative estimate of drug-likeness (QED) is 0.759. The van der Waals surface area contributed by atoms with E-state index in [1.807, 2.05) is 6.92 Å². The zero-order valence-corrected chi connectivity index (χ0v) is 16.5. The van der Waals surface area contributed by atoms with Gasteiger partial charge in [-0.3, -0.25) is 9.59 Å². The van der Waals surface area contributed by atoms with Gasteiger partial charge in [0.15, 0.2) is 5.76 Å².